The minimum atomic E-state index is -0.505. The van der Waals surface area contributed by atoms with Crippen LogP contribution in [0, 0.1) is 13.8 Å². The Bertz CT molecular complexity index is 1330. The number of carbonyl (C=O) groups is 1. The number of hydrogen-bond acceptors (Lipinski definition) is 5. The number of carbonyl (C=O) groups excluding carboxylic acids is 1. The first-order valence-electron chi connectivity index (χ1n) is 11.8. The normalized spacial score (nSPS) is 14.6. The molecule has 34 heavy (non-hydrogen) atoms. The van der Waals surface area contributed by atoms with Crippen molar-refractivity contribution in [3.8, 4) is 11.5 Å². The molecule has 3 aromatic rings. The van der Waals surface area contributed by atoms with Gasteiger partial charge in [-0.05, 0) is 63.1 Å². The van der Waals surface area contributed by atoms with E-state index in [9.17, 15) is 9.59 Å². The monoisotopic (exact) mass is 463 g/mol. The highest BCUT2D eigenvalue weighted by Gasteiger charge is 2.31. The highest BCUT2D eigenvalue weighted by atomic mass is 16.5. The van der Waals surface area contributed by atoms with Crippen molar-refractivity contribution in [3.63, 3.8) is 0 Å². The number of rotatable bonds is 5. The summed E-state index contributed by atoms with van der Waals surface area (Å²) < 4.78 is 17.6. The Morgan fingerprint density at radius 2 is 1.97 bits per heavy atom. The number of benzene rings is 2. The van der Waals surface area contributed by atoms with Gasteiger partial charge in [0, 0.05) is 17.3 Å². The van der Waals surface area contributed by atoms with Crippen LogP contribution in [-0.2, 0) is 17.6 Å². The largest absolute Gasteiger partial charge is 0.496 e. The second-order valence-corrected chi connectivity index (χ2v) is 10.0. The smallest absolute Gasteiger partial charge is 0.340 e. The molecule has 0 unspecified atom stereocenters. The lowest BCUT2D eigenvalue weighted by Gasteiger charge is -2.33. The molecule has 2 aromatic carbocycles. The van der Waals surface area contributed by atoms with Crippen LogP contribution in [-0.4, -0.2) is 18.6 Å². The third-order valence-electron chi connectivity index (χ3n) is 6.69. The topological polar surface area (TPSA) is 77.8 Å². The van der Waals surface area contributed by atoms with Crippen LogP contribution < -0.4 is 20.4 Å². The lowest BCUT2D eigenvalue weighted by Crippen LogP contribution is -2.32. The van der Waals surface area contributed by atoms with Crippen LogP contribution in [0.5, 0.6) is 11.5 Å². The van der Waals surface area contributed by atoms with Crippen LogP contribution in [0.1, 0.15) is 67.9 Å². The minimum absolute atomic E-state index is 0.0836. The first-order chi connectivity index (χ1) is 16.0. The van der Waals surface area contributed by atoms with Crippen molar-refractivity contribution < 1.29 is 18.7 Å². The molecule has 1 N–H and O–H groups in total. The first-order valence-corrected chi connectivity index (χ1v) is 11.8. The van der Waals surface area contributed by atoms with E-state index in [2.05, 4.69) is 19.2 Å². The molecule has 0 saturated carbocycles. The number of para-hydroxylation sites is 1. The SMILES string of the molecule is COc1cc2c(c3oc(=O)c(CC(=O)Nc4c(C)cccc4C(C)C)c(C)c13)CCC(C)(C)O2. The van der Waals surface area contributed by atoms with Gasteiger partial charge in [0.2, 0.25) is 5.91 Å². The molecule has 180 valence electrons. The molecule has 0 spiro atoms. The van der Waals surface area contributed by atoms with E-state index >= 15 is 0 Å². The van der Waals surface area contributed by atoms with Crippen molar-refractivity contribution in [1.82, 2.24) is 0 Å². The van der Waals surface area contributed by atoms with Crippen LogP contribution in [0.3, 0.4) is 0 Å². The molecule has 0 bridgehead atoms. The van der Waals surface area contributed by atoms with Crippen molar-refractivity contribution in [1.29, 1.82) is 0 Å². The number of nitrogens with one attached hydrogen (secondary N) is 1. The van der Waals surface area contributed by atoms with Crippen molar-refractivity contribution in [3.05, 3.63) is 62.5 Å². The van der Waals surface area contributed by atoms with E-state index in [1.807, 2.05) is 52.0 Å². The zero-order valence-electron chi connectivity index (χ0n) is 21.0. The van der Waals surface area contributed by atoms with E-state index in [-0.39, 0.29) is 23.8 Å². The Kier molecular flexibility index (Phi) is 6.19. The van der Waals surface area contributed by atoms with E-state index in [1.165, 1.54) is 0 Å². The van der Waals surface area contributed by atoms with Crippen LogP contribution in [0.4, 0.5) is 5.69 Å². The fraction of sp³-hybridized carbons (Fsp3) is 0.429. The van der Waals surface area contributed by atoms with Gasteiger partial charge in [0.1, 0.15) is 22.7 Å². The summed E-state index contributed by atoms with van der Waals surface area (Å²) in [5.74, 6) is 1.24. The zero-order valence-corrected chi connectivity index (χ0v) is 21.0. The van der Waals surface area contributed by atoms with Gasteiger partial charge in [-0.1, -0.05) is 32.0 Å². The van der Waals surface area contributed by atoms with Gasteiger partial charge in [0.25, 0.3) is 0 Å². The van der Waals surface area contributed by atoms with Gasteiger partial charge in [-0.15, -0.1) is 0 Å². The highest BCUT2D eigenvalue weighted by molar-refractivity contribution is 5.96. The Hall–Kier alpha value is -3.28. The molecule has 0 atom stereocenters. The molecule has 0 saturated heterocycles. The molecule has 1 amide bonds. The fourth-order valence-electron chi connectivity index (χ4n) is 4.73. The number of fused-ring (bicyclic) bond motifs is 3. The predicted octanol–water partition coefficient (Wildman–Crippen LogP) is 5.83. The highest BCUT2D eigenvalue weighted by Crippen LogP contribution is 2.43. The minimum Gasteiger partial charge on any atom is -0.496 e. The summed E-state index contributed by atoms with van der Waals surface area (Å²) in [7, 11) is 1.58. The lowest BCUT2D eigenvalue weighted by molar-refractivity contribution is -0.115. The summed E-state index contributed by atoms with van der Waals surface area (Å²) in [6, 6.07) is 7.83. The molecular weight excluding hydrogens is 430 g/mol. The number of anilines is 1. The van der Waals surface area contributed by atoms with Crippen molar-refractivity contribution in [2.75, 3.05) is 12.4 Å². The number of amides is 1. The molecule has 1 aliphatic rings. The maximum Gasteiger partial charge on any atom is 0.340 e. The summed E-state index contributed by atoms with van der Waals surface area (Å²) in [6.45, 7) is 12.1. The Balaban J connectivity index is 1.75. The molecule has 2 heterocycles. The second-order valence-electron chi connectivity index (χ2n) is 10.0. The van der Waals surface area contributed by atoms with Gasteiger partial charge in [0.15, 0.2) is 0 Å². The Morgan fingerprint density at radius 3 is 2.65 bits per heavy atom. The Labute approximate surface area is 200 Å². The van der Waals surface area contributed by atoms with Crippen LogP contribution in [0.25, 0.3) is 11.0 Å². The molecule has 0 fully saturated rings. The first kappa shape index (κ1) is 23.9. The van der Waals surface area contributed by atoms with Crippen molar-refractivity contribution >= 4 is 22.6 Å². The van der Waals surface area contributed by atoms with E-state index in [1.54, 1.807) is 7.11 Å². The fourth-order valence-corrected chi connectivity index (χ4v) is 4.73. The predicted molar refractivity (Wildman–Crippen MR) is 134 cm³/mol. The zero-order chi connectivity index (χ0) is 24.8. The summed E-state index contributed by atoms with van der Waals surface area (Å²) >= 11 is 0. The standard InChI is InChI=1S/C28H33NO5/c1-15(2)18-10-8-9-16(3)25(18)29-23(30)13-20-17(4)24-22(32-7)14-21-19(26(24)33-27(20)31)11-12-28(5,6)34-21/h8-10,14-15H,11-13H2,1-7H3,(H,29,30). The van der Waals surface area contributed by atoms with Crippen LogP contribution in [0.2, 0.25) is 0 Å². The average molecular weight is 464 g/mol. The molecule has 4 rings (SSSR count). The van der Waals surface area contributed by atoms with Gasteiger partial charge >= 0.3 is 5.63 Å². The van der Waals surface area contributed by atoms with E-state index in [0.29, 0.717) is 33.6 Å². The van der Waals surface area contributed by atoms with Gasteiger partial charge in [-0.3, -0.25) is 4.79 Å². The number of hydrogen-bond donors (Lipinski definition) is 1. The quantitative estimate of drug-likeness (QED) is 0.482. The summed E-state index contributed by atoms with van der Waals surface area (Å²) in [5.41, 5.74) is 4.42. The summed E-state index contributed by atoms with van der Waals surface area (Å²) in [6.07, 6.45) is 1.46. The van der Waals surface area contributed by atoms with Crippen molar-refractivity contribution in [2.24, 2.45) is 0 Å². The second kappa shape index (κ2) is 8.82. The molecule has 6 heteroatoms. The van der Waals surface area contributed by atoms with E-state index in [4.69, 9.17) is 13.9 Å². The third kappa shape index (κ3) is 4.29. The van der Waals surface area contributed by atoms with Crippen molar-refractivity contribution in [2.45, 2.75) is 72.3 Å². The molecule has 1 aromatic heterocycles. The van der Waals surface area contributed by atoms with Crippen LogP contribution >= 0.6 is 0 Å². The summed E-state index contributed by atoms with van der Waals surface area (Å²) in [4.78, 5) is 26.1. The number of ether oxygens (including phenoxy) is 2. The van der Waals surface area contributed by atoms with Gasteiger partial charge < -0.3 is 19.2 Å². The van der Waals surface area contributed by atoms with Crippen LogP contribution in [0.15, 0.2) is 33.5 Å². The molecule has 0 aliphatic carbocycles. The Morgan fingerprint density at radius 1 is 1.24 bits per heavy atom. The molecular formula is C28H33NO5. The molecule has 1 aliphatic heterocycles. The summed E-state index contributed by atoms with van der Waals surface area (Å²) in [5, 5.41) is 3.74. The van der Waals surface area contributed by atoms with E-state index in [0.717, 1.165) is 35.2 Å². The van der Waals surface area contributed by atoms with Gasteiger partial charge in [-0.25, -0.2) is 4.79 Å². The maximum absolute atomic E-state index is 13.1. The van der Waals surface area contributed by atoms with E-state index < -0.39 is 5.63 Å². The lowest BCUT2D eigenvalue weighted by atomic mass is 9.91. The maximum atomic E-state index is 13.1. The number of aryl methyl sites for hydroxylation is 3. The van der Waals surface area contributed by atoms with Gasteiger partial charge in [0.05, 0.1) is 24.5 Å². The average Bonchev–Trinajstić information content (AvgIpc) is 2.76. The third-order valence-corrected chi connectivity index (χ3v) is 6.69. The molecule has 6 nitrogen and oxygen atoms in total. The number of methoxy groups -OCH3 is 1. The molecule has 0 radical (unpaired) electrons. The van der Waals surface area contributed by atoms with Gasteiger partial charge in [-0.2, -0.15) is 0 Å².